The second-order valence-electron chi connectivity index (χ2n) is 4.69. The Kier molecular flexibility index (Phi) is 5.13. The van der Waals surface area contributed by atoms with Gasteiger partial charge in [-0.3, -0.25) is 0 Å². The number of nitrogens with two attached hydrogens (primary N) is 1. The van der Waals surface area contributed by atoms with E-state index in [4.69, 9.17) is 5.14 Å². The fourth-order valence-electron chi connectivity index (χ4n) is 1.80. The van der Waals surface area contributed by atoms with Gasteiger partial charge in [-0.05, 0) is 24.5 Å². The molecule has 4 N–H and O–H groups in total. The predicted octanol–water partition coefficient (Wildman–Crippen LogP) is 1.15. The monoisotopic (exact) mass is 272 g/mol. The van der Waals surface area contributed by atoms with Crippen LogP contribution in [0, 0.1) is 5.92 Å². The fraction of sp³-hybridized carbons (Fsp3) is 0.500. The lowest BCUT2D eigenvalue weighted by Gasteiger charge is -2.20. The summed E-state index contributed by atoms with van der Waals surface area (Å²) in [5.74, 6) is 0.399. The number of nitrogens with one attached hydrogen (secondary N) is 1. The van der Waals surface area contributed by atoms with Crippen molar-refractivity contribution in [1.82, 2.24) is 0 Å². The van der Waals surface area contributed by atoms with Crippen LogP contribution in [-0.4, -0.2) is 26.2 Å². The van der Waals surface area contributed by atoms with Crippen LogP contribution in [0.5, 0.6) is 0 Å². The van der Waals surface area contributed by atoms with E-state index in [0.717, 1.165) is 6.42 Å². The summed E-state index contributed by atoms with van der Waals surface area (Å²) in [6.45, 7) is 4.02. The first-order valence-corrected chi connectivity index (χ1v) is 7.38. The van der Waals surface area contributed by atoms with Gasteiger partial charge in [0, 0.05) is 6.04 Å². The Morgan fingerprint density at radius 2 is 1.94 bits per heavy atom. The van der Waals surface area contributed by atoms with Gasteiger partial charge in [0.25, 0.3) is 0 Å². The van der Waals surface area contributed by atoms with Crippen molar-refractivity contribution in [3.63, 3.8) is 0 Å². The Labute approximate surface area is 108 Å². The van der Waals surface area contributed by atoms with Crippen molar-refractivity contribution in [1.29, 1.82) is 0 Å². The van der Waals surface area contributed by atoms with Crippen LogP contribution in [0.2, 0.25) is 0 Å². The Bertz CT molecular complexity index is 486. The molecule has 6 heteroatoms. The zero-order valence-electron chi connectivity index (χ0n) is 10.6. The maximum Gasteiger partial charge on any atom is 0.240 e. The molecule has 0 heterocycles. The summed E-state index contributed by atoms with van der Waals surface area (Å²) in [6.07, 6.45) is 0.745. The Morgan fingerprint density at radius 1 is 1.33 bits per heavy atom. The van der Waals surface area contributed by atoms with E-state index in [0.29, 0.717) is 11.6 Å². The third-order valence-electron chi connectivity index (χ3n) is 2.53. The van der Waals surface area contributed by atoms with Crippen molar-refractivity contribution in [3.05, 3.63) is 24.3 Å². The number of aliphatic hydroxyl groups excluding tert-OH is 1. The van der Waals surface area contributed by atoms with Crippen LogP contribution < -0.4 is 10.5 Å². The standard InChI is InChI=1S/C12H20N2O3S/c1-9(2)7-10(8-15)14-11-5-3-4-6-12(11)18(13,16)17/h3-6,9-10,14-15H,7-8H2,1-2H3,(H2,13,16,17). The number of sulfonamides is 1. The Hall–Kier alpha value is -1.11. The molecule has 1 aromatic rings. The molecule has 0 aliphatic carbocycles. The van der Waals surface area contributed by atoms with Crippen molar-refractivity contribution < 1.29 is 13.5 Å². The molecule has 1 unspecified atom stereocenters. The quantitative estimate of drug-likeness (QED) is 0.724. The average Bonchev–Trinajstić information content (AvgIpc) is 2.26. The van der Waals surface area contributed by atoms with Gasteiger partial charge in [-0.25, -0.2) is 13.6 Å². The highest BCUT2D eigenvalue weighted by atomic mass is 32.2. The molecule has 0 fully saturated rings. The molecule has 1 atom stereocenters. The van der Waals surface area contributed by atoms with E-state index in [1.54, 1.807) is 18.2 Å². The van der Waals surface area contributed by atoms with E-state index in [1.165, 1.54) is 6.07 Å². The molecule has 18 heavy (non-hydrogen) atoms. The minimum Gasteiger partial charge on any atom is -0.394 e. The van der Waals surface area contributed by atoms with Crippen LogP contribution >= 0.6 is 0 Å². The topological polar surface area (TPSA) is 92.4 Å². The number of anilines is 1. The number of benzene rings is 1. The summed E-state index contributed by atoms with van der Waals surface area (Å²) in [5.41, 5.74) is 0.430. The highest BCUT2D eigenvalue weighted by Gasteiger charge is 2.16. The molecule has 0 amide bonds. The molecule has 0 bridgehead atoms. The predicted molar refractivity (Wildman–Crippen MR) is 71.8 cm³/mol. The normalized spacial score (nSPS) is 13.6. The first kappa shape index (κ1) is 14.9. The summed E-state index contributed by atoms with van der Waals surface area (Å²) in [7, 11) is -3.76. The minimum absolute atomic E-state index is 0.0483. The first-order valence-electron chi connectivity index (χ1n) is 5.83. The largest absolute Gasteiger partial charge is 0.394 e. The molecular formula is C12H20N2O3S. The van der Waals surface area contributed by atoms with Gasteiger partial charge in [0.2, 0.25) is 10.0 Å². The highest BCUT2D eigenvalue weighted by Crippen LogP contribution is 2.21. The third kappa shape index (κ3) is 4.29. The van der Waals surface area contributed by atoms with Gasteiger partial charge in [-0.1, -0.05) is 26.0 Å². The first-order chi connectivity index (χ1) is 8.34. The van der Waals surface area contributed by atoms with Gasteiger partial charge >= 0.3 is 0 Å². The third-order valence-corrected chi connectivity index (χ3v) is 3.50. The maximum atomic E-state index is 11.4. The minimum atomic E-state index is -3.76. The molecule has 0 aliphatic rings. The average molecular weight is 272 g/mol. The molecule has 1 aromatic carbocycles. The number of hydrogen-bond acceptors (Lipinski definition) is 4. The second-order valence-corrected chi connectivity index (χ2v) is 6.22. The summed E-state index contributed by atoms with van der Waals surface area (Å²) in [4.78, 5) is 0.0483. The summed E-state index contributed by atoms with van der Waals surface area (Å²) in [5, 5.41) is 17.5. The van der Waals surface area contributed by atoms with Crippen molar-refractivity contribution in [2.75, 3.05) is 11.9 Å². The molecule has 102 valence electrons. The van der Waals surface area contributed by atoms with Gasteiger partial charge in [0.1, 0.15) is 4.90 Å². The number of rotatable bonds is 6. The van der Waals surface area contributed by atoms with Gasteiger partial charge in [0.15, 0.2) is 0 Å². The highest BCUT2D eigenvalue weighted by molar-refractivity contribution is 7.89. The van der Waals surface area contributed by atoms with E-state index in [2.05, 4.69) is 5.32 Å². The molecular weight excluding hydrogens is 252 g/mol. The zero-order valence-corrected chi connectivity index (χ0v) is 11.4. The molecule has 1 rings (SSSR count). The van der Waals surface area contributed by atoms with Crippen molar-refractivity contribution in [3.8, 4) is 0 Å². The van der Waals surface area contributed by atoms with Gasteiger partial charge in [-0.2, -0.15) is 0 Å². The lowest BCUT2D eigenvalue weighted by Crippen LogP contribution is -2.27. The summed E-state index contributed by atoms with van der Waals surface area (Å²) >= 11 is 0. The fourth-order valence-corrected chi connectivity index (χ4v) is 2.50. The van der Waals surface area contributed by atoms with Crippen LogP contribution in [-0.2, 0) is 10.0 Å². The molecule has 0 aliphatic heterocycles. The van der Waals surface area contributed by atoms with E-state index in [1.807, 2.05) is 13.8 Å². The summed E-state index contributed by atoms with van der Waals surface area (Å²) < 4.78 is 22.8. The second kappa shape index (κ2) is 6.17. The van der Waals surface area contributed by atoms with Crippen molar-refractivity contribution >= 4 is 15.7 Å². The maximum absolute atomic E-state index is 11.4. The SMILES string of the molecule is CC(C)CC(CO)Nc1ccccc1S(N)(=O)=O. The van der Waals surface area contributed by atoms with Gasteiger partial charge in [-0.15, -0.1) is 0 Å². The smallest absolute Gasteiger partial charge is 0.240 e. The molecule has 0 aromatic heterocycles. The number of aliphatic hydroxyl groups is 1. The number of para-hydroxylation sites is 1. The van der Waals surface area contributed by atoms with Crippen LogP contribution in [0.25, 0.3) is 0 Å². The number of primary sulfonamides is 1. The van der Waals surface area contributed by atoms with Gasteiger partial charge < -0.3 is 10.4 Å². The van der Waals surface area contributed by atoms with Gasteiger partial charge in [0.05, 0.1) is 12.3 Å². The Morgan fingerprint density at radius 3 is 2.44 bits per heavy atom. The summed E-state index contributed by atoms with van der Waals surface area (Å²) in [6, 6.07) is 6.24. The van der Waals surface area contributed by atoms with Crippen molar-refractivity contribution in [2.24, 2.45) is 11.1 Å². The van der Waals surface area contributed by atoms with E-state index in [9.17, 15) is 13.5 Å². The van der Waals surface area contributed by atoms with Crippen LogP contribution in [0.1, 0.15) is 20.3 Å². The van der Waals surface area contributed by atoms with E-state index >= 15 is 0 Å². The molecule has 0 saturated heterocycles. The van der Waals surface area contributed by atoms with Crippen LogP contribution in [0.3, 0.4) is 0 Å². The van der Waals surface area contributed by atoms with Crippen molar-refractivity contribution in [2.45, 2.75) is 31.2 Å². The number of hydrogen-bond donors (Lipinski definition) is 3. The molecule has 0 spiro atoms. The zero-order chi connectivity index (χ0) is 13.8. The molecule has 0 radical (unpaired) electrons. The van der Waals surface area contributed by atoms with Crippen LogP contribution in [0.15, 0.2) is 29.2 Å². The molecule has 0 saturated carbocycles. The van der Waals surface area contributed by atoms with Crippen LogP contribution in [0.4, 0.5) is 5.69 Å². The molecule has 5 nitrogen and oxygen atoms in total. The lowest BCUT2D eigenvalue weighted by atomic mass is 10.0. The Balaban J connectivity index is 2.96. The van der Waals surface area contributed by atoms with E-state index < -0.39 is 10.0 Å². The van der Waals surface area contributed by atoms with E-state index in [-0.39, 0.29) is 17.5 Å². The lowest BCUT2D eigenvalue weighted by molar-refractivity contribution is 0.259.